The number of esters is 1. The molecule has 0 spiro atoms. The Kier molecular flexibility index (Phi) is 19.0. The summed E-state index contributed by atoms with van der Waals surface area (Å²) in [6.07, 6.45) is 4.65. The fourth-order valence-corrected chi connectivity index (χ4v) is 10.5. The third-order valence-electron chi connectivity index (χ3n) is 13.0. The number of ketones is 1. The molecule has 0 aliphatic heterocycles. The zero-order valence-corrected chi connectivity index (χ0v) is 44.4. The average Bonchev–Trinajstić information content (AvgIpc) is 3.46. The lowest BCUT2D eigenvalue weighted by Gasteiger charge is -2.46. The Balaban J connectivity index is 3.54. The zero-order valence-electron chi connectivity index (χ0n) is 40.5. The molecule has 326 valence electrons. The SMILES string of the molecule is COC(=O)C[C@H](O[Si](C)(C)C(C)(C)C)C(C)(C)C(=O)[C@H](C)[C@@H](O[Si](C)(C)C(C)(C)C)[C@@H](C)C#CC/C(C)=C\C[C@H](O[Si](C)(C)C(C)(C)C)/C(C)=C/c1csc(C)n1. The summed E-state index contributed by atoms with van der Waals surface area (Å²) in [7, 11) is -5.36. The number of methoxy groups -OCH3 is 1. The fourth-order valence-electron chi connectivity index (χ4n) is 5.71. The molecule has 0 aliphatic rings. The van der Waals surface area contributed by atoms with E-state index in [9.17, 15) is 9.59 Å². The summed E-state index contributed by atoms with van der Waals surface area (Å²) in [5.74, 6) is 5.89. The van der Waals surface area contributed by atoms with Crippen LogP contribution in [0.2, 0.25) is 54.4 Å². The Labute approximate surface area is 357 Å². The Hall–Kier alpha value is -1.66. The Morgan fingerprint density at radius 2 is 1.32 bits per heavy atom. The first-order valence-electron chi connectivity index (χ1n) is 20.9. The number of allylic oxidation sites excluding steroid dienone is 1. The van der Waals surface area contributed by atoms with Gasteiger partial charge >= 0.3 is 5.97 Å². The smallest absolute Gasteiger partial charge is 0.308 e. The average molecular weight is 862 g/mol. The van der Waals surface area contributed by atoms with Crippen LogP contribution >= 0.6 is 11.3 Å². The van der Waals surface area contributed by atoms with Gasteiger partial charge in [-0.1, -0.05) is 107 Å². The molecule has 0 radical (unpaired) electrons. The highest BCUT2D eigenvalue weighted by Crippen LogP contribution is 2.44. The van der Waals surface area contributed by atoms with Gasteiger partial charge in [0.05, 0.1) is 42.5 Å². The maximum atomic E-state index is 14.8. The summed E-state index contributed by atoms with van der Waals surface area (Å²) in [6.45, 7) is 47.5. The van der Waals surface area contributed by atoms with Gasteiger partial charge in [-0.3, -0.25) is 9.59 Å². The van der Waals surface area contributed by atoms with E-state index in [1.165, 1.54) is 18.3 Å². The normalized spacial score (nSPS) is 17.0. The van der Waals surface area contributed by atoms with Gasteiger partial charge in [-0.05, 0) is 100 Å². The molecule has 1 aromatic heterocycles. The molecular formula is C46H83NO6SSi3. The second-order valence-corrected chi connectivity index (χ2v) is 36.8. The lowest BCUT2D eigenvalue weighted by Crippen LogP contribution is -2.54. The molecular weight excluding hydrogens is 779 g/mol. The Morgan fingerprint density at radius 1 is 0.825 bits per heavy atom. The highest BCUT2D eigenvalue weighted by Gasteiger charge is 2.50. The van der Waals surface area contributed by atoms with Crippen molar-refractivity contribution in [2.45, 2.75) is 203 Å². The third kappa shape index (κ3) is 15.4. The summed E-state index contributed by atoms with van der Waals surface area (Å²) in [4.78, 5) is 32.2. The van der Waals surface area contributed by atoms with Crippen LogP contribution in [0, 0.1) is 36.0 Å². The maximum Gasteiger partial charge on any atom is 0.308 e. The molecule has 5 atom stereocenters. The van der Waals surface area contributed by atoms with E-state index in [0.717, 1.165) is 17.1 Å². The molecule has 1 aromatic rings. The Bertz CT molecular complexity index is 1630. The number of hydrogen-bond donors (Lipinski definition) is 0. The first kappa shape index (κ1) is 53.4. The lowest BCUT2D eigenvalue weighted by atomic mass is 9.73. The van der Waals surface area contributed by atoms with Crippen LogP contribution in [0.1, 0.15) is 134 Å². The highest BCUT2D eigenvalue weighted by atomic mass is 32.1. The largest absolute Gasteiger partial charge is 0.469 e. The number of ether oxygens (including phenoxy) is 1. The number of carbonyl (C=O) groups is 2. The number of thiazole rings is 1. The molecule has 0 bridgehead atoms. The third-order valence-corrected chi connectivity index (χ3v) is 27.3. The van der Waals surface area contributed by atoms with Crippen molar-refractivity contribution in [1.29, 1.82) is 0 Å². The second-order valence-electron chi connectivity index (χ2n) is 21.5. The predicted molar refractivity (Wildman–Crippen MR) is 251 cm³/mol. The van der Waals surface area contributed by atoms with E-state index in [4.69, 9.17) is 18.0 Å². The molecule has 0 saturated carbocycles. The van der Waals surface area contributed by atoms with Gasteiger partial charge < -0.3 is 18.0 Å². The van der Waals surface area contributed by atoms with E-state index in [1.807, 2.05) is 27.7 Å². The minimum absolute atomic E-state index is 0.00480. The van der Waals surface area contributed by atoms with Crippen molar-refractivity contribution >= 4 is 54.1 Å². The topological polar surface area (TPSA) is 84.0 Å². The first-order chi connectivity index (χ1) is 25.5. The molecule has 0 fully saturated rings. The van der Waals surface area contributed by atoms with E-state index in [-0.39, 0.29) is 45.3 Å². The number of hydrogen-bond acceptors (Lipinski definition) is 8. The molecule has 0 aliphatic carbocycles. The Morgan fingerprint density at radius 3 is 1.77 bits per heavy atom. The van der Waals surface area contributed by atoms with Crippen LogP contribution in [0.5, 0.6) is 0 Å². The summed E-state index contributed by atoms with van der Waals surface area (Å²) < 4.78 is 26.1. The van der Waals surface area contributed by atoms with Crippen molar-refractivity contribution in [3.63, 3.8) is 0 Å². The van der Waals surface area contributed by atoms with Gasteiger partial charge in [0.25, 0.3) is 0 Å². The zero-order chi connectivity index (χ0) is 44.8. The van der Waals surface area contributed by atoms with Crippen molar-refractivity contribution < 1.29 is 27.6 Å². The molecule has 57 heavy (non-hydrogen) atoms. The second kappa shape index (κ2) is 20.3. The van der Waals surface area contributed by atoms with Gasteiger partial charge in [0.1, 0.15) is 5.78 Å². The summed E-state index contributed by atoms with van der Waals surface area (Å²) in [5.41, 5.74) is 2.34. The van der Waals surface area contributed by atoms with Gasteiger partial charge in [-0.25, -0.2) is 4.98 Å². The van der Waals surface area contributed by atoms with Gasteiger partial charge in [-0.2, -0.15) is 0 Å². The van der Waals surface area contributed by atoms with E-state index in [0.29, 0.717) is 6.42 Å². The van der Waals surface area contributed by atoms with E-state index in [1.54, 1.807) is 11.3 Å². The molecule has 0 unspecified atom stereocenters. The van der Waals surface area contributed by atoms with E-state index >= 15 is 0 Å². The first-order valence-corrected chi connectivity index (χ1v) is 30.5. The van der Waals surface area contributed by atoms with Crippen LogP contribution in [-0.2, 0) is 27.6 Å². The fraction of sp³-hybridized carbons (Fsp3) is 0.761. The quantitative estimate of drug-likeness (QED) is 0.0629. The van der Waals surface area contributed by atoms with Crippen LogP contribution < -0.4 is 0 Å². The monoisotopic (exact) mass is 862 g/mol. The number of nitrogens with zero attached hydrogens (tertiary/aromatic N) is 1. The van der Waals surface area contributed by atoms with Crippen molar-refractivity contribution in [1.82, 2.24) is 4.98 Å². The van der Waals surface area contributed by atoms with Crippen molar-refractivity contribution in [2.75, 3.05) is 7.11 Å². The molecule has 0 aromatic carbocycles. The van der Waals surface area contributed by atoms with Gasteiger partial charge in [0, 0.05) is 29.1 Å². The minimum atomic E-state index is -2.36. The molecule has 11 heteroatoms. The maximum absolute atomic E-state index is 14.8. The van der Waals surface area contributed by atoms with Crippen molar-refractivity contribution in [3.8, 4) is 11.8 Å². The molecule has 0 amide bonds. The van der Waals surface area contributed by atoms with Crippen LogP contribution in [-0.4, -0.2) is 67.1 Å². The standard InChI is InChI=1S/C46H83NO6SSi3/c1-32(27-28-38(51-55(18,19)43(6,7)8)34(3)29-37-31-54-36(5)47-37)25-24-26-33(2)41(53-57(22,23)45(12,13)14)35(4)42(49)46(15,16)39(30-40(48)50-17)52-56(20,21)44(9,10)11/h27,29,31,33,35,38-39,41H,25,28,30H2,1-23H3/b32-27-,34-29+/t33-,35+,38-,39-,41-/m0/s1. The molecule has 0 N–H and O–H groups in total. The lowest BCUT2D eigenvalue weighted by molar-refractivity contribution is -0.148. The predicted octanol–water partition coefficient (Wildman–Crippen LogP) is 13.2. The summed E-state index contributed by atoms with van der Waals surface area (Å²) >= 11 is 1.66. The molecule has 0 saturated heterocycles. The highest BCUT2D eigenvalue weighted by molar-refractivity contribution is 7.09. The van der Waals surface area contributed by atoms with Gasteiger partial charge in [0.2, 0.25) is 0 Å². The van der Waals surface area contributed by atoms with Crippen LogP contribution in [0.15, 0.2) is 22.6 Å². The van der Waals surface area contributed by atoms with E-state index < -0.39 is 48.5 Å². The summed E-state index contributed by atoms with van der Waals surface area (Å²) in [5, 5.41) is 3.06. The van der Waals surface area contributed by atoms with Gasteiger partial charge in [0.15, 0.2) is 25.0 Å². The number of rotatable bonds is 18. The van der Waals surface area contributed by atoms with Crippen molar-refractivity contribution in [2.24, 2.45) is 17.3 Å². The van der Waals surface area contributed by atoms with E-state index in [2.05, 4.69) is 157 Å². The van der Waals surface area contributed by atoms with Crippen LogP contribution in [0.3, 0.4) is 0 Å². The molecule has 1 heterocycles. The van der Waals surface area contributed by atoms with Crippen LogP contribution in [0.4, 0.5) is 0 Å². The number of aromatic nitrogens is 1. The summed E-state index contributed by atoms with van der Waals surface area (Å²) in [6, 6.07) is 0. The van der Waals surface area contributed by atoms with Gasteiger partial charge in [-0.15, -0.1) is 11.3 Å². The number of Topliss-reactive ketones (excluding diaryl/α,β-unsaturated/α-hetero) is 1. The molecule has 1 rings (SSSR count). The number of aryl methyl sites for hydroxylation is 1. The molecule has 7 nitrogen and oxygen atoms in total. The van der Waals surface area contributed by atoms with Crippen molar-refractivity contribution in [3.05, 3.63) is 33.3 Å². The minimum Gasteiger partial charge on any atom is -0.469 e. The number of carbonyl (C=O) groups excluding carboxylic acids is 2. The van der Waals surface area contributed by atoms with Crippen LogP contribution in [0.25, 0.3) is 6.08 Å².